The molecule has 0 aromatic carbocycles. The lowest BCUT2D eigenvalue weighted by Crippen LogP contribution is -2.10. The van der Waals surface area contributed by atoms with Gasteiger partial charge in [0.05, 0.1) is 18.8 Å². The Kier molecular flexibility index (Phi) is 4.54. The van der Waals surface area contributed by atoms with E-state index in [1.54, 1.807) is 6.92 Å². The fourth-order valence-electron chi connectivity index (χ4n) is 0.764. The maximum atomic E-state index is 11.0. The Hall–Kier alpha value is -1.50. The third kappa shape index (κ3) is 3.06. The molecular formula is C8H12N2O2. The van der Waals surface area contributed by atoms with E-state index < -0.39 is 5.97 Å². The van der Waals surface area contributed by atoms with Crippen molar-refractivity contribution in [3.63, 3.8) is 0 Å². The second-order valence-corrected chi connectivity index (χ2v) is 2.31. The minimum absolute atomic E-state index is 0.277. The molecule has 0 radical (unpaired) electrons. The normalized spacial score (nSPS) is 11.4. The van der Waals surface area contributed by atoms with Gasteiger partial charge in [0.1, 0.15) is 0 Å². The highest BCUT2D eigenvalue weighted by Crippen LogP contribution is 2.08. The van der Waals surface area contributed by atoms with Crippen LogP contribution in [0.3, 0.4) is 0 Å². The number of nitriles is 1. The molecule has 0 aliphatic heterocycles. The molecule has 0 unspecified atom stereocenters. The summed E-state index contributed by atoms with van der Waals surface area (Å²) in [5.41, 5.74) is 6.23. The molecule has 0 aliphatic carbocycles. The molecule has 66 valence electrons. The van der Waals surface area contributed by atoms with Gasteiger partial charge < -0.3 is 10.5 Å². The van der Waals surface area contributed by atoms with Crippen LogP contribution in [0, 0.1) is 11.3 Å². The molecule has 0 saturated carbocycles. The first-order valence-electron chi connectivity index (χ1n) is 3.54. The summed E-state index contributed by atoms with van der Waals surface area (Å²) < 4.78 is 4.48. The Morgan fingerprint density at radius 2 is 2.25 bits per heavy atom. The Morgan fingerprint density at radius 3 is 2.58 bits per heavy atom. The van der Waals surface area contributed by atoms with E-state index in [-0.39, 0.29) is 6.42 Å². The molecule has 0 aromatic heterocycles. The first-order valence-corrected chi connectivity index (χ1v) is 3.54. The number of carbonyl (C=O) groups excluding carboxylic acids is 1. The van der Waals surface area contributed by atoms with Gasteiger partial charge in [0, 0.05) is 12.1 Å². The molecule has 0 heterocycles. The van der Waals surface area contributed by atoms with Gasteiger partial charge in [0.15, 0.2) is 0 Å². The van der Waals surface area contributed by atoms with Crippen LogP contribution in [0.15, 0.2) is 11.3 Å². The van der Waals surface area contributed by atoms with Gasteiger partial charge in [0.2, 0.25) is 0 Å². The number of hydrogen-bond donors (Lipinski definition) is 1. The van der Waals surface area contributed by atoms with Crippen molar-refractivity contribution in [1.29, 1.82) is 5.26 Å². The zero-order valence-electron chi connectivity index (χ0n) is 7.26. The maximum Gasteiger partial charge on any atom is 0.335 e. The highest BCUT2D eigenvalue weighted by atomic mass is 16.5. The van der Waals surface area contributed by atoms with Gasteiger partial charge in [-0.3, -0.25) is 0 Å². The first kappa shape index (κ1) is 10.5. The standard InChI is InChI=1S/C8H12N2O2/c1-6(10)7(4-3-5-9)8(11)12-2/h3-4,10H2,1-2H3. The van der Waals surface area contributed by atoms with E-state index in [1.165, 1.54) is 7.11 Å². The molecule has 0 atom stereocenters. The lowest BCUT2D eigenvalue weighted by Gasteiger charge is -2.04. The van der Waals surface area contributed by atoms with Crippen molar-refractivity contribution < 1.29 is 9.53 Å². The van der Waals surface area contributed by atoms with Crippen LogP contribution in [0.2, 0.25) is 0 Å². The van der Waals surface area contributed by atoms with Gasteiger partial charge in [0.25, 0.3) is 0 Å². The highest BCUT2D eigenvalue weighted by molar-refractivity contribution is 5.88. The van der Waals surface area contributed by atoms with Crippen molar-refractivity contribution in [2.45, 2.75) is 19.8 Å². The molecule has 12 heavy (non-hydrogen) atoms. The lowest BCUT2D eigenvalue weighted by atomic mass is 10.1. The third-order valence-corrected chi connectivity index (χ3v) is 1.39. The van der Waals surface area contributed by atoms with Crippen LogP contribution in [0.4, 0.5) is 0 Å². The van der Waals surface area contributed by atoms with Crippen LogP contribution >= 0.6 is 0 Å². The van der Waals surface area contributed by atoms with Gasteiger partial charge >= 0.3 is 5.97 Å². The van der Waals surface area contributed by atoms with E-state index in [2.05, 4.69) is 4.74 Å². The average Bonchev–Trinajstić information content (AvgIpc) is 2.04. The van der Waals surface area contributed by atoms with Gasteiger partial charge in [-0.25, -0.2) is 4.79 Å². The highest BCUT2D eigenvalue weighted by Gasteiger charge is 2.10. The second-order valence-electron chi connectivity index (χ2n) is 2.31. The summed E-state index contributed by atoms with van der Waals surface area (Å²) >= 11 is 0. The van der Waals surface area contributed by atoms with Gasteiger partial charge in [-0.15, -0.1) is 0 Å². The van der Waals surface area contributed by atoms with E-state index in [0.29, 0.717) is 17.7 Å². The van der Waals surface area contributed by atoms with E-state index in [1.807, 2.05) is 6.07 Å². The molecular weight excluding hydrogens is 156 g/mol. The smallest absolute Gasteiger partial charge is 0.335 e. The number of ether oxygens (including phenoxy) is 1. The average molecular weight is 168 g/mol. The molecule has 2 N–H and O–H groups in total. The van der Waals surface area contributed by atoms with E-state index >= 15 is 0 Å². The Labute approximate surface area is 71.6 Å². The Morgan fingerprint density at radius 1 is 1.67 bits per heavy atom. The molecule has 0 aromatic rings. The minimum Gasteiger partial charge on any atom is -0.466 e. The van der Waals surface area contributed by atoms with Crippen LogP contribution in [0.5, 0.6) is 0 Å². The van der Waals surface area contributed by atoms with E-state index in [9.17, 15) is 4.79 Å². The van der Waals surface area contributed by atoms with Crippen molar-refractivity contribution in [3.05, 3.63) is 11.3 Å². The summed E-state index contributed by atoms with van der Waals surface area (Å²) in [6, 6.07) is 1.93. The summed E-state index contributed by atoms with van der Waals surface area (Å²) in [5.74, 6) is -0.453. The van der Waals surface area contributed by atoms with Crippen molar-refractivity contribution in [1.82, 2.24) is 0 Å². The van der Waals surface area contributed by atoms with Crippen LogP contribution in [-0.2, 0) is 9.53 Å². The van der Waals surface area contributed by atoms with Crippen molar-refractivity contribution in [2.75, 3.05) is 7.11 Å². The number of nitrogens with two attached hydrogens (primary N) is 1. The maximum absolute atomic E-state index is 11.0. The molecule has 0 aliphatic rings. The number of allylic oxidation sites excluding steroid dienone is 1. The van der Waals surface area contributed by atoms with Crippen LogP contribution in [0.1, 0.15) is 19.8 Å². The van der Waals surface area contributed by atoms with Gasteiger partial charge in [-0.05, 0) is 13.3 Å². The number of esters is 1. The lowest BCUT2D eigenvalue weighted by molar-refractivity contribution is -0.136. The molecule has 4 nitrogen and oxygen atoms in total. The second kappa shape index (κ2) is 5.19. The third-order valence-electron chi connectivity index (χ3n) is 1.39. The quantitative estimate of drug-likeness (QED) is 0.497. The van der Waals surface area contributed by atoms with Crippen molar-refractivity contribution in [3.8, 4) is 6.07 Å². The molecule has 0 saturated heterocycles. The van der Waals surface area contributed by atoms with E-state index in [0.717, 1.165) is 0 Å². The minimum atomic E-state index is -0.453. The monoisotopic (exact) mass is 168 g/mol. The summed E-state index contributed by atoms with van der Waals surface area (Å²) in [6.07, 6.45) is 0.629. The fourth-order valence-corrected chi connectivity index (χ4v) is 0.764. The van der Waals surface area contributed by atoms with Gasteiger partial charge in [-0.2, -0.15) is 5.26 Å². The zero-order valence-corrected chi connectivity index (χ0v) is 7.26. The van der Waals surface area contributed by atoms with Crippen LogP contribution in [-0.4, -0.2) is 13.1 Å². The number of nitrogens with zero attached hydrogens (tertiary/aromatic N) is 1. The number of carbonyl (C=O) groups is 1. The largest absolute Gasteiger partial charge is 0.466 e. The van der Waals surface area contributed by atoms with E-state index in [4.69, 9.17) is 11.0 Å². The predicted molar refractivity (Wildman–Crippen MR) is 43.8 cm³/mol. The molecule has 0 bridgehead atoms. The molecule has 0 rings (SSSR count). The molecule has 4 heteroatoms. The van der Waals surface area contributed by atoms with Crippen LogP contribution in [0.25, 0.3) is 0 Å². The van der Waals surface area contributed by atoms with Crippen molar-refractivity contribution >= 4 is 5.97 Å². The Bertz CT molecular complexity index is 234. The fraction of sp³-hybridized carbons (Fsp3) is 0.500. The van der Waals surface area contributed by atoms with Crippen molar-refractivity contribution in [2.24, 2.45) is 5.73 Å². The molecule has 0 spiro atoms. The predicted octanol–water partition coefficient (Wildman–Crippen LogP) is 0.696. The number of methoxy groups -OCH3 is 1. The first-order chi connectivity index (χ1) is 5.63. The Balaban J connectivity index is 4.39. The number of hydrogen-bond acceptors (Lipinski definition) is 4. The SMILES string of the molecule is COC(=O)C(CCC#N)=C(C)N. The van der Waals surface area contributed by atoms with Gasteiger partial charge in [-0.1, -0.05) is 0 Å². The number of rotatable bonds is 3. The van der Waals surface area contributed by atoms with Crippen LogP contribution < -0.4 is 5.73 Å². The zero-order chi connectivity index (χ0) is 9.56. The summed E-state index contributed by atoms with van der Waals surface area (Å²) in [6.45, 7) is 1.61. The molecule has 0 fully saturated rings. The summed E-state index contributed by atoms with van der Waals surface area (Å²) in [5, 5.41) is 8.29. The summed E-state index contributed by atoms with van der Waals surface area (Å²) in [7, 11) is 1.29. The molecule has 0 amide bonds. The summed E-state index contributed by atoms with van der Waals surface area (Å²) in [4.78, 5) is 11.0. The topological polar surface area (TPSA) is 76.1 Å².